The molecule has 0 radical (unpaired) electrons. The van der Waals surface area contributed by atoms with Gasteiger partial charge in [-0.05, 0) is 29.7 Å². The predicted molar refractivity (Wildman–Crippen MR) is 134 cm³/mol. The highest BCUT2D eigenvalue weighted by Gasteiger charge is 2.19. The summed E-state index contributed by atoms with van der Waals surface area (Å²) >= 11 is 0. The molecule has 0 aromatic heterocycles. The van der Waals surface area contributed by atoms with Gasteiger partial charge in [0.2, 0.25) is 0 Å². The van der Waals surface area contributed by atoms with Gasteiger partial charge >= 0.3 is 18.2 Å². The van der Waals surface area contributed by atoms with Crippen LogP contribution < -0.4 is 10.1 Å². The Bertz CT molecular complexity index is 1130. The first-order valence-electron chi connectivity index (χ1n) is 11.7. The molecule has 3 rings (SSSR count). The number of hydrogen-bond donors (Lipinski definition) is 1. The maximum Gasteiger partial charge on any atom is 0.513 e. The van der Waals surface area contributed by atoms with Crippen molar-refractivity contribution in [2.45, 2.75) is 26.2 Å². The molecule has 0 bridgehead atoms. The molecule has 0 unspecified atom stereocenters. The van der Waals surface area contributed by atoms with Gasteiger partial charge < -0.3 is 18.9 Å². The van der Waals surface area contributed by atoms with E-state index in [4.69, 9.17) is 18.9 Å². The molecule has 0 fully saturated rings. The van der Waals surface area contributed by atoms with E-state index in [-0.39, 0.29) is 36.8 Å². The number of hydrogen-bond acceptors (Lipinski definition) is 7. The van der Waals surface area contributed by atoms with Gasteiger partial charge in [0.05, 0.1) is 19.8 Å². The van der Waals surface area contributed by atoms with Crippen molar-refractivity contribution < 1.29 is 33.3 Å². The van der Waals surface area contributed by atoms with Crippen molar-refractivity contribution in [1.29, 1.82) is 0 Å². The average molecular weight is 492 g/mol. The molecule has 36 heavy (non-hydrogen) atoms. The van der Waals surface area contributed by atoms with Gasteiger partial charge in [0.15, 0.2) is 5.75 Å². The molecule has 0 aliphatic rings. The van der Waals surface area contributed by atoms with E-state index in [0.29, 0.717) is 19.3 Å². The zero-order valence-corrected chi connectivity index (χ0v) is 20.1. The van der Waals surface area contributed by atoms with Gasteiger partial charge in [-0.1, -0.05) is 67.6 Å². The van der Waals surface area contributed by atoms with Crippen LogP contribution in [0.4, 0.5) is 15.3 Å². The molecule has 0 heterocycles. The van der Waals surface area contributed by atoms with Crippen molar-refractivity contribution in [3.63, 3.8) is 0 Å². The van der Waals surface area contributed by atoms with Crippen LogP contribution in [0.5, 0.6) is 5.75 Å². The molecule has 1 N–H and O–H groups in total. The van der Waals surface area contributed by atoms with Gasteiger partial charge in [-0.3, -0.25) is 5.32 Å². The monoisotopic (exact) mass is 491 g/mol. The van der Waals surface area contributed by atoms with Gasteiger partial charge in [0.25, 0.3) is 0 Å². The fraction of sp³-hybridized carbons (Fsp3) is 0.250. The SMILES string of the molecule is CCCOC(=O)c1ccc(NC(=O)OCCc2ccccc2)cc1OC(=O)OCCc1ccccc1. The summed E-state index contributed by atoms with van der Waals surface area (Å²) in [4.78, 5) is 37.0. The van der Waals surface area contributed by atoms with Crippen LogP contribution in [0.1, 0.15) is 34.8 Å². The third-order valence-electron chi connectivity index (χ3n) is 5.00. The van der Waals surface area contributed by atoms with Crippen LogP contribution in [0.2, 0.25) is 0 Å². The number of ether oxygens (including phenoxy) is 4. The Morgan fingerprint density at radius 1 is 0.722 bits per heavy atom. The standard InChI is InChI=1S/C28H29NO7/c1-2-17-33-26(30)24-14-13-23(29-27(31)34-18-15-21-9-5-3-6-10-21)20-25(24)36-28(32)35-19-16-22-11-7-4-8-12-22/h3-14,20H,2,15-19H2,1H3,(H,29,31). The van der Waals surface area contributed by atoms with Crippen LogP contribution in [0.15, 0.2) is 78.9 Å². The Hall–Kier alpha value is -4.33. The molecule has 0 atom stereocenters. The normalized spacial score (nSPS) is 10.2. The second kappa shape index (κ2) is 14.2. The Kier molecular flexibility index (Phi) is 10.3. The number of carbonyl (C=O) groups is 3. The third-order valence-corrected chi connectivity index (χ3v) is 5.00. The smallest absolute Gasteiger partial charge is 0.462 e. The lowest BCUT2D eigenvalue weighted by molar-refractivity contribution is 0.0499. The third kappa shape index (κ3) is 8.79. The molecule has 3 aromatic carbocycles. The van der Waals surface area contributed by atoms with Crippen LogP contribution >= 0.6 is 0 Å². The van der Waals surface area contributed by atoms with E-state index >= 15 is 0 Å². The van der Waals surface area contributed by atoms with E-state index in [1.807, 2.05) is 67.6 Å². The maximum atomic E-state index is 12.4. The second-order valence-electron chi connectivity index (χ2n) is 7.78. The molecular formula is C28H29NO7. The predicted octanol–water partition coefficient (Wildman–Crippen LogP) is 5.80. The van der Waals surface area contributed by atoms with Gasteiger partial charge in [0, 0.05) is 24.6 Å². The molecule has 0 saturated carbocycles. The highest BCUT2D eigenvalue weighted by molar-refractivity contribution is 5.95. The van der Waals surface area contributed by atoms with Crippen LogP contribution in [0.3, 0.4) is 0 Å². The topological polar surface area (TPSA) is 100 Å². The molecule has 0 aliphatic heterocycles. The van der Waals surface area contributed by atoms with Crippen molar-refractivity contribution >= 4 is 23.9 Å². The first-order valence-corrected chi connectivity index (χ1v) is 11.7. The highest BCUT2D eigenvalue weighted by Crippen LogP contribution is 2.25. The molecule has 0 aliphatic carbocycles. The molecule has 1 amide bonds. The lowest BCUT2D eigenvalue weighted by Crippen LogP contribution is -2.18. The van der Waals surface area contributed by atoms with E-state index in [1.54, 1.807) is 0 Å². The minimum absolute atomic E-state index is 0.0338. The number of nitrogens with one attached hydrogen (secondary N) is 1. The average Bonchev–Trinajstić information content (AvgIpc) is 2.88. The fourth-order valence-corrected chi connectivity index (χ4v) is 3.20. The zero-order valence-electron chi connectivity index (χ0n) is 20.1. The van der Waals surface area contributed by atoms with Crippen molar-refractivity contribution in [1.82, 2.24) is 0 Å². The van der Waals surface area contributed by atoms with Crippen molar-refractivity contribution in [3.8, 4) is 5.75 Å². The number of amides is 1. The first-order chi connectivity index (χ1) is 17.5. The van der Waals surface area contributed by atoms with Crippen LogP contribution in [0, 0.1) is 0 Å². The summed E-state index contributed by atoms with van der Waals surface area (Å²) in [6, 6.07) is 23.4. The second-order valence-corrected chi connectivity index (χ2v) is 7.78. The molecular weight excluding hydrogens is 462 g/mol. The quantitative estimate of drug-likeness (QED) is 0.205. The summed E-state index contributed by atoms with van der Waals surface area (Å²) in [6.07, 6.45) is 0.0664. The fourth-order valence-electron chi connectivity index (χ4n) is 3.20. The lowest BCUT2D eigenvalue weighted by Gasteiger charge is -2.13. The minimum atomic E-state index is -0.974. The van der Waals surface area contributed by atoms with E-state index in [9.17, 15) is 14.4 Å². The van der Waals surface area contributed by atoms with E-state index < -0.39 is 18.2 Å². The summed E-state index contributed by atoms with van der Waals surface area (Å²) in [6.45, 7) is 2.37. The van der Waals surface area contributed by atoms with Crippen LogP contribution in [0.25, 0.3) is 0 Å². The summed E-state index contributed by atoms with van der Waals surface area (Å²) < 4.78 is 20.8. The molecule has 0 spiro atoms. The van der Waals surface area contributed by atoms with Gasteiger partial charge in [0.1, 0.15) is 5.56 Å². The van der Waals surface area contributed by atoms with Crippen molar-refractivity contribution in [2.24, 2.45) is 0 Å². The molecule has 8 nitrogen and oxygen atoms in total. The van der Waals surface area contributed by atoms with Crippen LogP contribution in [-0.4, -0.2) is 38.0 Å². The number of carbonyl (C=O) groups excluding carboxylic acids is 3. The number of anilines is 1. The molecule has 0 saturated heterocycles. The van der Waals surface area contributed by atoms with E-state index in [0.717, 1.165) is 11.1 Å². The Labute approximate surface area is 210 Å². The first kappa shape index (κ1) is 26.3. The highest BCUT2D eigenvalue weighted by atomic mass is 16.7. The molecule has 8 heteroatoms. The Morgan fingerprint density at radius 3 is 1.94 bits per heavy atom. The summed E-state index contributed by atoms with van der Waals surface area (Å²) in [7, 11) is 0. The van der Waals surface area contributed by atoms with Crippen molar-refractivity contribution in [3.05, 3.63) is 95.6 Å². The maximum absolute atomic E-state index is 12.4. The van der Waals surface area contributed by atoms with E-state index in [1.165, 1.54) is 18.2 Å². The summed E-state index contributed by atoms with van der Waals surface area (Å²) in [5, 5.41) is 2.57. The van der Waals surface area contributed by atoms with Crippen molar-refractivity contribution in [2.75, 3.05) is 25.1 Å². The molecule has 188 valence electrons. The van der Waals surface area contributed by atoms with Gasteiger partial charge in [-0.25, -0.2) is 14.4 Å². The molecule has 3 aromatic rings. The summed E-state index contributed by atoms with van der Waals surface area (Å²) in [5.41, 5.74) is 2.36. The number of esters is 1. The minimum Gasteiger partial charge on any atom is -0.462 e. The van der Waals surface area contributed by atoms with Gasteiger partial charge in [-0.2, -0.15) is 0 Å². The Balaban J connectivity index is 1.60. The van der Waals surface area contributed by atoms with Gasteiger partial charge in [-0.15, -0.1) is 0 Å². The Morgan fingerprint density at radius 2 is 1.33 bits per heavy atom. The summed E-state index contributed by atoms with van der Waals surface area (Å²) in [5.74, 6) is -0.746. The largest absolute Gasteiger partial charge is 0.513 e. The van der Waals surface area contributed by atoms with E-state index in [2.05, 4.69) is 5.32 Å². The number of rotatable bonds is 11. The number of benzene rings is 3. The lowest BCUT2D eigenvalue weighted by atomic mass is 10.2. The zero-order chi connectivity index (χ0) is 25.6. The van der Waals surface area contributed by atoms with Crippen LogP contribution in [-0.2, 0) is 27.1 Å².